The Balaban J connectivity index is 1.50. The number of amides is 1. The number of para-hydroxylation sites is 1. The van der Waals surface area contributed by atoms with Crippen molar-refractivity contribution in [3.8, 4) is 16.2 Å². The Bertz CT molecular complexity index is 1040. The van der Waals surface area contributed by atoms with Gasteiger partial charge in [0.2, 0.25) is 0 Å². The lowest BCUT2D eigenvalue weighted by Crippen LogP contribution is -2.43. The predicted octanol–water partition coefficient (Wildman–Crippen LogP) is 3.86. The van der Waals surface area contributed by atoms with E-state index in [4.69, 9.17) is 9.47 Å². The van der Waals surface area contributed by atoms with Gasteiger partial charge in [0.1, 0.15) is 12.4 Å². The highest BCUT2D eigenvalue weighted by atomic mass is 32.1. The van der Waals surface area contributed by atoms with E-state index in [0.717, 1.165) is 43.6 Å². The number of hydrogen-bond donors (Lipinski definition) is 1. The molecular weight excluding hydrogens is 374 g/mol. The van der Waals surface area contributed by atoms with Crippen LogP contribution < -0.4 is 4.74 Å². The number of fused-ring (bicyclic) bond motifs is 3. The summed E-state index contributed by atoms with van der Waals surface area (Å²) in [5.74, 6) is 0.926. The fourth-order valence-electron chi connectivity index (χ4n) is 4.08. The zero-order valence-corrected chi connectivity index (χ0v) is 16.6. The standard InChI is InChI=1S/C21H21N3O3S/c1-12-19(13(2)23-22-12)16-11-26-8-7-24(16)21(25)18-9-14-10-27-17-6-4-3-5-15(17)20(14)28-18/h3-6,9,16H,7-8,10-11H2,1-2H3,(H,22,23). The molecule has 0 bridgehead atoms. The zero-order valence-electron chi connectivity index (χ0n) is 15.8. The van der Waals surface area contributed by atoms with E-state index in [1.54, 1.807) is 11.3 Å². The summed E-state index contributed by atoms with van der Waals surface area (Å²) < 4.78 is 11.6. The van der Waals surface area contributed by atoms with Crippen LogP contribution in [0.1, 0.15) is 38.2 Å². The van der Waals surface area contributed by atoms with Gasteiger partial charge in [0, 0.05) is 33.8 Å². The molecule has 1 aromatic carbocycles. The van der Waals surface area contributed by atoms with E-state index in [1.165, 1.54) is 0 Å². The highest BCUT2D eigenvalue weighted by molar-refractivity contribution is 7.17. The van der Waals surface area contributed by atoms with E-state index in [2.05, 4.69) is 10.2 Å². The average Bonchev–Trinajstić information content (AvgIpc) is 3.31. The minimum atomic E-state index is -0.123. The molecule has 1 N–H and O–H groups in total. The highest BCUT2D eigenvalue weighted by Gasteiger charge is 2.34. The van der Waals surface area contributed by atoms with Gasteiger partial charge in [-0.1, -0.05) is 12.1 Å². The summed E-state index contributed by atoms with van der Waals surface area (Å²) in [5.41, 5.74) is 5.10. The van der Waals surface area contributed by atoms with Crippen molar-refractivity contribution in [2.45, 2.75) is 26.5 Å². The van der Waals surface area contributed by atoms with Gasteiger partial charge in [-0.25, -0.2) is 0 Å². The number of morpholine rings is 1. The summed E-state index contributed by atoms with van der Waals surface area (Å²) in [6.45, 7) is 6.07. The first-order valence-corrected chi connectivity index (χ1v) is 10.2. The van der Waals surface area contributed by atoms with Crippen LogP contribution >= 0.6 is 11.3 Å². The van der Waals surface area contributed by atoms with Crippen molar-refractivity contribution in [3.05, 3.63) is 57.7 Å². The van der Waals surface area contributed by atoms with Crippen LogP contribution in [0, 0.1) is 13.8 Å². The molecule has 0 saturated carbocycles. The molecule has 2 aliphatic rings. The third kappa shape index (κ3) is 2.73. The fraction of sp³-hybridized carbons (Fsp3) is 0.333. The number of carbonyl (C=O) groups excluding carboxylic acids is 1. The van der Waals surface area contributed by atoms with Gasteiger partial charge in [-0.3, -0.25) is 9.89 Å². The van der Waals surface area contributed by atoms with Crippen molar-refractivity contribution in [1.29, 1.82) is 0 Å². The number of hydrogen-bond acceptors (Lipinski definition) is 5. The second-order valence-electron chi connectivity index (χ2n) is 7.19. The van der Waals surface area contributed by atoms with Gasteiger partial charge in [-0.15, -0.1) is 11.3 Å². The number of aromatic amines is 1. The Kier molecular flexibility index (Phi) is 4.21. The van der Waals surface area contributed by atoms with E-state index >= 15 is 0 Å². The Hall–Kier alpha value is -2.64. The topological polar surface area (TPSA) is 67.5 Å². The van der Waals surface area contributed by atoms with Crippen LogP contribution in [0.4, 0.5) is 0 Å². The van der Waals surface area contributed by atoms with E-state index in [1.807, 2.05) is 49.1 Å². The van der Waals surface area contributed by atoms with Gasteiger partial charge in [-0.05, 0) is 32.0 Å². The third-order valence-corrected chi connectivity index (χ3v) is 6.64. The smallest absolute Gasteiger partial charge is 0.264 e. The molecule has 144 valence electrons. The van der Waals surface area contributed by atoms with Gasteiger partial charge in [0.25, 0.3) is 5.91 Å². The number of H-pyrrole nitrogens is 1. The molecule has 1 saturated heterocycles. The van der Waals surface area contributed by atoms with E-state index in [-0.39, 0.29) is 11.9 Å². The van der Waals surface area contributed by atoms with E-state index in [0.29, 0.717) is 26.4 Å². The number of nitrogens with zero attached hydrogens (tertiary/aromatic N) is 2. The Morgan fingerprint density at radius 1 is 1.32 bits per heavy atom. The summed E-state index contributed by atoms with van der Waals surface area (Å²) in [5, 5.41) is 7.33. The van der Waals surface area contributed by atoms with Crippen LogP contribution in [0.15, 0.2) is 30.3 Å². The largest absolute Gasteiger partial charge is 0.488 e. The van der Waals surface area contributed by atoms with Gasteiger partial charge < -0.3 is 14.4 Å². The Labute approximate surface area is 167 Å². The highest BCUT2D eigenvalue weighted by Crippen LogP contribution is 2.43. The van der Waals surface area contributed by atoms with Gasteiger partial charge in [0.15, 0.2) is 0 Å². The molecule has 2 aromatic heterocycles. The third-order valence-electron chi connectivity index (χ3n) is 5.44. The quantitative estimate of drug-likeness (QED) is 0.715. The number of thiophene rings is 1. The molecular formula is C21H21N3O3S. The van der Waals surface area contributed by atoms with Crippen LogP contribution in [0.25, 0.3) is 10.4 Å². The summed E-state index contributed by atoms with van der Waals surface area (Å²) in [4.78, 5) is 17.3. The van der Waals surface area contributed by atoms with Crippen molar-refractivity contribution in [3.63, 3.8) is 0 Å². The van der Waals surface area contributed by atoms with Gasteiger partial charge in [-0.2, -0.15) is 5.10 Å². The first kappa shape index (κ1) is 17.5. The molecule has 3 aromatic rings. The minimum Gasteiger partial charge on any atom is -0.488 e. The maximum absolute atomic E-state index is 13.5. The second-order valence-corrected chi connectivity index (χ2v) is 8.24. The fourth-order valence-corrected chi connectivity index (χ4v) is 5.24. The average molecular weight is 395 g/mol. The number of nitrogens with one attached hydrogen (secondary N) is 1. The number of carbonyl (C=O) groups is 1. The molecule has 2 aliphatic heterocycles. The lowest BCUT2D eigenvalue weighted by molar-refractivity contribution is -0.00275. The predicted molar refractivity (Wildman–Crippen MR) is 107 cm³/mol. The van der Waals surface area contributed by atoms with Gasteiger partial charge >= 0.3 is 0 Å². The van der Waals surface area contributed by atoms with Crippen molar-refractivity contribution >= 4 is 17.2 Å². The monoisotopic (exact) mass is 395 g/mol. The molecule has 6 nitrogen and oxygen atoms in total. The number of benzene rings is 1. The normalized spacial score (nSPS) is 18.4. The van der Waals surface area contributed by atoms with Gasteiger partial charge in [0.05, 0.1) is 29.8 Å². The van der Waals surface area contributed by atoms with Crippen LogP contribution in [-0.2, 0) is 11.3 Å². The Morgan fingerprint density at radius 3 is 3.00 bits per heavy atom. The summed E-state index contributed by atoms with van der Waals surface area (Å²) in [7, 11) is 0. The van der Waals surface area contributed by atoms with Crippen LogP contribution in [-0.4, -0.2) is 40.8 Å². The van der Waals surface area contributed by atoms with Crippen molar-refractivity contribution in [1.82, 2.24) is 15.1 Å². The maximum atomic E-state index is 13.5. The second kappa shape index (κ2) is 6.76. The van der Waals surface area contributed by atoms with E-state index < -0.39 is 0 Å². The van der Waals surface area contributed by atoms with Crippen LogP contribution in [0.2, 0.25) is 0 Å². The summed E-state index contributed by atoms with van der Waals surface area (Å²) in [6, 6.07) is 9.86. The molecule has 0 spiro atoms. The van der Waals surface area contributed by atoms with Crippen LogP contribution in [0.5, 0.6) is 5.75 Å². The van der Waals surface area contributed by atoms with Crippen molar-refractivity contribution in [2.24, 2.45) is 0 Å². The molecule has 1 unspecified atom stereocenters. The van der Waals surface area contributed by atoms with Crippen molar-refractivity contribution in [2.75, 3.05) is 19.8 Å². The first-order chi connectivity index (χ1) is 13.6. The van der Waals surface area contributed by atoms with E-state index in [9.17, 15) is 4.79 Å². The lowest BCUT2D eigenvalue weighted by atomic mass is 10.0. The first-order valence-electron chi connectivity index (χ1n) is 9.38. The molecule has 0 radical (unpaired) electrons. The Morgan fingerprint density at radius 2 is 2.18 bits per heavy atom. The minimum absolute atomic E-state index is 0.0465. The molecule has 4 heterocycles. The molecule has 1 atom stereocenters. The molecule has 0 aliphatic carbocycles. The summed E-state index contributed by atoms with van der Waals surface area (Å²) >= 11 is 1.55. The van der Waals surface area contributed by atoms with Crippen LogP contribution in [0.3, 0.4) is 0 Å². The molecule has 7 heteroatoms. The number of rotatable bonds is 2. The van der Waals surface area contributed by atoms with Crippen molar-refractivity contribution < 1.29 is 14.3 Å². The maximum Gasteiger partial charge on any atom is 0.264 e. The SMILES string of the molecule is Cc1n[nH]c(C)c1C1COCCN1C(=O)c1cc2c(s1)-c1ccccc1OC2. The number of ether oxygens (including phenoxy) is 2. The molecule has 5 rings (SSSR count). The lowest BCUT2D eigenvalue weighted by Gasteiger charge is -2.35. The number of aromatic nitrogens is 2. The molecule has 1 fully saturated rings. The zero-order chi connectivity index (χ0) is 19.3. The molecule has 28 heavy (non-hydrogen) atoms. The number of aryl methyl sites for hydroxylation is 2. The summed E-state index contributed by atoms with van der Waals surface area (Å²) in [6.07, 6.45) is 0. The molecule has 1 amide bonds.